The lowest BCUT2D eigenvalue weighted by atomic mass is 10.0. The maximum atomic E-state index is 6.05. The van der Waals surface area contributed by atoms with Gasteiger partial charge < -0.3 is 15.5 Å². The Morgan fingerprint density at radius 1 is 1.35 bits per heavy atom. The summed E-state index contributed by atoms with van der Waals surface area (Å²) in [5.74, 6) is 0. The molecule has 0 saturated carbocycles. The topological polar surface area (TPSA) is 32.5 Å². The van der Waals surface area contributed by atoms with Crippen LogP contribution in [0, 0.1) is 0 Å². The molecule has 4 heteroatoms. The minimum atomic E-state index is 0.600. The van der Waals surface area contributed by atoms with Gasteiger partial charge in [0.05, 0.1) is 11.4 Å². The molecule has 1 aliphatic rings. The number of hydrogen-bond donors (Lipinski definition) is 1. The van der Waals surface area contributed by atoms with E-state index in [0.29, 0.717) is 6.04 Å². The van der Waals surface area contributed by atoms with Gasteiger partial charge in [0.25, 0.3) is 0 Å². The summed E-state index contributed by atoms with van der Waals surface area (Å²) in [4.78, 5) is 4.71. The zero-order valence-corrected chi connectivity index (χ0v) is 12.1. The van der Waals surface area contributed by atoms with Crippen LogP contribution in [0.4, 0.5) is 11.4 Å². The number of nitrogens with zero attached hydrogens (tertiary/aromatic N) is 2. The van der Waals surface area contributed by atoms with E-state index in [1.54, 1.807) is 0 Å². The lowest BCUT2D eigenvalue weighted by molar-refractivity contribution is 0.253. The fourth-order valence-electron chi connectivity index (χ4n) is 2.40. The first-order valence-electron chi connectivity index (χ1n) is 6.04. The third kappa shape index (κ3) is 2.93. The van der Waals surface area contributed by atoms with Crippen molar-refractivity contribution in [3.05, 3.63) is 22.7 Å². The Kier molecular flexibility index (Phi) is 3.94. The third-order valence-corrected chi connectivity index (χ3v) is 4.10. The van der Waals surface area contributed by atoms with Crippen LogP contribution in [0.1, 0.15) is 12.8 Å². The molecule has 17 heavy (non-hydrogen) atoms. The van der Waals surface area contributed by atoms with Crippen LogP contribution >= 0.6 is 15.9 Å². The molecule has 0 aromatic heterocycles. The zero-order chi connectivity index (χ0) is 12.4. The molecule has 94 valence electrons. The minimum absolute atomic E-state index is 0.600. The molecule has 0 bridgehead atoms. The Labute approximate surface area is 112 Å². The largest absolute Gasteiger partial charge is 0.397 e. The second-order valence-corrected chi connectivity index (χ2v) is 5.76. The summed E-state index contributed by atoms with van der Waals surface area (Å²) in [6.45, 7) is 2.34. The molecule has 1 aromatic rings. The van der Waals surface area contributed by atoms with E-state index < -0.39 is 0 Å². The van der Waals surface area contributed by atoms with Crippen LogP contribution in [-0.4, -0.2) is 38.1 Å². The standard InChI is InChI=1S/C13H20BrN3/c1-16-7-5-11(6-8-16)17(2)13-9-10(14)3-4-12(13)15/h3-4,9,11H,5-8,15H2,1-2H3. The number of anilines is 2. The molecular weight excluding hydrogens is 278 g/mol. The van der Waals surface area contributed by atoms with Gasteiger partial charge in [-0.25, -0.2) is 0 Å². The van der Waals surface area contributed by atoms with Crippen molar-refractivity contribution in [2.75, 3.05) is 37.8 Å². The number of likely N-dealkylation sites (tertiary alicyclic amines) is 1. The average molecular weight is 298 g/mol. The minimum Gasteiger partial charge on any atom is -0.397 e. The summed E-state index contributed by atoms with van der Waals surface area (Å²) in [5, 5.41) is 0. The Morgan fingerprint density at radius 3 is 2.65 bits per heavy atom. The molecule has 0 amide bonds. The van der Waals surface area contributed by atoms with Gasteiger partial charge in [0.15, 0.2) is 0 Å². The molecule has 0 unspecified atom stereocenters. The Morgan fingerprint density at radius 2 is 2.00 bits per heavy atom. The van der Waals surface area contributed by atoms with Crippen molar-refractivity contribution in [1.82, 2.24) is 4.90 Å². The molecule has 3 nitrogen and oxygen atoms in total. The van der Waals surface area contributed by atoms with Crippen molar-refractivity contribution in [2.45, 2.75) is 18.9 Å². The third-order valence-electron chi connectivity index (χ3n) is 3.61. The number of hydrogen-bond acceptors (Lipinski definition) is 3. The first kappa shape index (κ1) is 12.7. The van der Waals surface area contributed by atoms with E-state index >= 15 is 0 Å². The summed E-state index contributed by atoms with van der Waals surface area (Å²) < 4.78 is 1.08. The number of halogens is 1. The first-order valence-corrected chi connectivity index (χ1v) is 6.83. The summed E-state index contributed by atoms with van der Waals surface area (Å²) in [6, 6.07) is 6.66. The maximum Gasteiger partial charge on any atom is 0.0611 e. The van der Waals surface area contributed by atoms with Crippen molar-refractivity contribution in [3.8, 4) is 0 Å². The van der Waals surface area contributed by atoms with E-state index in [4.69, 9.17) is 5.73 Å². The van der Waals surface area contributed by atoms with Crippen LogP contribution in [-0.2, 0) is 0 Å². The second-order valence-electron chi connectivity index (χ2n) is 4.85. The zero-order valence-electron chi connectivity index (χ0n) is 10.5. The predicted molar refractivity (Wildman–Crippen MR) is 77.5 cm³/mol. The van der Waals surface area contributed by atoms with E-state index in [1.807, 2.05) is 12.1 Å². The van der Waals surface area contributed by atoms with E-state index in [1.165, 1.54) is 25.9 Å². The van der Waals surface area contributed by atoms with Gasteiger partial charge in [-0.05, 0) is 51.2 Å². The smallest absolute Gasteiger partial charge is 0.0611 e. The van der Waals surface area contributed by atoms with E-state index in [9.17, 15) is 0 Å². The summed E-state index contributed by atoms with van der Waals surface area (Å²) in [7, 11) is 4.33. The van der Waals surface area contributed by atoms with Gasteiger partial charge in [0.2, 0.25) is 0 Å². The van der Waals surface area contributed by atoms with E-state index in [-0.39, 0.29) is 0 Å². The highest BCUT2D eigenvalue weighted by molar-refractivity contribution is 9.10. The van der Waals surface area contributed by atoms with Gasteiger partial charge in [-0.15, -0.1) is 0 Å². The van der Waals surface area contributed by atoms with Crippen molar-refractivity contribution >= 4 is 27.3 Å². The van der Waals surface area contributed by atoms with Crippen molar-refractivity contribution in [1.29, 1.82) is 0 Å². The monoisotopic (exact) mass is 297 g/mol. The molecule has 0 radical (unpaired) electrons. The molecule has 0 atom stereocenters. The molecule has 1 aliphatic heterocycles. The highest BCUT2D eigenvalue weighted by Gasteiger charge is 2.21. The molecular formula is C13H20BrN3. The number of benzene rings is 1. The van der Waals surface area contributed by atoms with Crippen LogP contribution in [0.5, 0.6) is 0 Å². The SMILES string of the molecule is CN1CCC(N(C)c2cc(Br)ccc2N)CC1. The lowest BCUT2D eigenvalue weighted by Crippen LogP contribution is -2.42. The van der Waals surface area contributed by atoms with Gasteiger partial charge in [0.1, 0.15) is 0 Å². The fraction of sp³-hybridized carbons (Fsp3) is 0.538. The molecule has 1 fully saturated rings. The molecule has 0 aliphatic carbocycles. The quantitative estimate of drug-likeness (QED) is 0.852. The normalized spacial score (nSPS) is 18.3. The molecule has 1 aromatic carbocycles. The van der Waals surface area contributed by atoms with Crippen LogP contribution in [0.2, 0.25) is 0 Å². The van der Waals surface area contributed by atoms with Crippen molar-refractivity contribution < 1.29 is 0 Å². The number of piperidine rings is 1. The van der Waals surface area contributed by atoms with Gasteiger partial charge in [-0.3, -0.25) is 0 Å². The van der Waals surface area contributed by atoms with Gasteiger partial charge in [0, 0.05) is 17.6 Å². The lowest BCUT2D eigenvalue weighted by Gasteiger charge is -2.36. The summed E-state index contributed by atoms with van der Waals surface area (Å²) in [6.07, 6.45) is 2.41. The molecule has 2 N–H and O–H groups in total. The summed E-state index contributed by atoms with van der Waals surface area (Å²) in [5.41, 5.74) is 8.04. The highest BCUT2D eigenvalue weighted by Crippen LogP contribution is 2.29. The molecule has 0 spiro atoms. The Bertz CT molecular complexity index is 386. The maximum absolute atomic E-state index is 6.05. The first-order chi connectivity index (χ1) is 8.08. The van der Waals surface area contributed by atoms with E-state index in [0.717, 1.165) is 15.8 Å². The van der Waals surface area contributed by atoms with Gasteiger partial charge in [-0.1, -0.05) is 15.9 Å². The average Bonchev–Trinajstić information content (AvgIpc) is 2.32. The highest BCUT2D eigenvalue weighted by atomic mass is 79.9. The Balaban J connectivity index is 2.13. The number of nitrogen functional groups attached to an aromatic ring is 1. The second kappa shape index (κ2) is 5.27. The molecule has 2 rings (SSSR count). The number of nitrogens with two attached hydrogens (primary N) is 1. The molecule has 1 saturated heterocycles. The fourth-order valence-corrected chi connectivity index (χ4v) is 2.75. The van der Waals surface area contributed by atoms with E-state index in [2.05, 4.69) is 45.9 Å². The van der Waals surface area contributed by atoms with Gasteiger partial charge >= 0.3 is 0 Å². The van der Waals surface area contributed by atoms with Crippen molar-refractivity contribution in [3.63, 3.8) is 0 Å². The molecule has 1 heterocycles. The van der Waals surface area contributed by atoms with Crippen LogP contribution < -0.4 is 10.6 Å². The van der Waals surface area contributed by atoms with Crippen molar-refractivity contribution in [2.24, 2.45) is 0 Å². The van der Waals surface area contributed by atoms with Gasteiger partial charge in [-0.2, -0.15) is 0 Å². The summed E-state index contributed by atoms with van der Waals surface area (Å²) >= 11 is 3.51. The predicted octanol–water partition coefficient (Wildman–Crippen LogP) is 2.56. The Hall–Kier alpha value is -0.740. The number of rotatable bonds is 2. The van der Waals surface area contributed by atoms with Crippen LogP contribution in [0.3, 0.4) is 0 Å². The van der Waals surface area contributed by atoms with Crippen LogP contribution in [0.25, 0.3) is 0 Å². The van der Waals surface area contributed by atoms with Crippen LogP contribution in [0.15, 0.2) is 22.7 Å².